The smallest absolute Gasteiger partial charge is 0.231 e. The predicted molar refractivity (Wildman–Crippen MR) is 97.2 cm³/mol. The van der Waals surface area contributed by atoms with Gasteiger partial charge in [0.05, 0.1) is 18.2 Å². The maximum Gasteiger partial charge on any atom is 0.231 e. The van der Waals surface area contributed by atoms with Gasteiger partial charge >= 0.3 is 0 Å². The monoisotopic (exact) mass is 351 g/mol. The second-order valence-corrected chi connectivity index (χ2v) is 6.89. The summed E-state index contributed by atoms with van der Waals surface area (Å²) in [5, 5.41) is 4.63. The van der Waals surface area contributed by atoms with Crippen LogP contribution in [-0.4, -0.2) is 22.5 Å². The molecule has 0 radical (unpaired) electrons. The average molecular weight is 351 g/mol. The van der Waals surface area contributed by atoms with Gasteiger partial charge in [-0.2, -0.15) is 0 Å². The van der Waals surface area contributed by atoms with Crippen molar-refractivity contribution in [2.45, 2.75) is 12.5 Å². The first-order chi connectivity index (χ1) is 12.3. The Morgan fingerprint density at radius 3 is 2.84 bits per heavy atom. The molecule has 1 aromatic carbocycles. The number of anilines is 1. The van der Waals surface area contributed by atoms with Gasteiger partial charge in [0.25, 0.3) is 0 Å². The van der Waals surface area contributed by atoms with Crippen molar-refractivity contribution in [3.05, 3.63) is 66.6 Å². The highest BCUT2D eigenvalue weighted by atomic mass is 32.1. The molecule has 0 unspecified atom stereocenters. The van der Waals surface area contributed by atoms with Crippen LogP contribution in [0.5, 0.6) is 0 Å². The molecule has 2 atom stereocenters. The summed E-state index contributed by atoms with van der Waals surface area (Å²) in [4.78, 5) is 21.2. The van der Waals surface area contributed by atoms with Crippen LogP contribution in [0.1, 0.15) is 18.1 Å². The Bertz CT molecular complexity index is 851. The maximum atomic E-state index is 12.7. The Kier molecular flexibility index (Phi) is 4.54. The van der Waals surface area contributed by atoms with Crippen molar-refractivity contribution in [2.75, 3.05) is 11.9 Å². The van der Waals surface area contributed by atoms with Crippen molar-refractivity contribution in [3.63, 3.8) is 0 Å². The molecule has 25 heavy (non-hydrogen) atoms. The molecule has 3 heterocycles. The van der Waals surface area contributed by atoms with Crippen molar-refractivity contribution in [3.8, 4) is 10.6 Å². The number of aromatic nitrogens is 2. The third-order valence-electron chi connectivity index (χ3n) is 4.21. The quantitative estimate of drug-likeness (QED) is 0.774. The zero-order chi connectivity index (χ0) is 17.1. The lowest BCUT2D eigenvalue weighted by molar-refractivity contribution is -0.121. The van der Waals surface area contributed by atoms with E-state index in [4.69, 9.17) is 4.74 Å². The third-order valence-corrected chi connectivity index (χ3v) is 5.18. The fraction of sp³-hybridized carbons (Fsp3) is 0.211. The van der Waals surface area contributed by atoms with Gasteiger partial charge in [0.2, 0.25) is 5.91 Å². The molecule has 1 aliphatic heterocycles. The highest BCUT2D eigenvalue weighted by molar-refractivity contribution is 7.19. The number of nitrogens with zero attached hydrogens (tertiary/aromatic N) is 2. The van der Waals surface area contributed by atoms with Gasteiger partial charge in [-0.3, -0.25) is 9.78 Å². The lowest BCUT2D eigenvalue weighted by atomic mass is 9.95. The molecule has 1 aliphatic rings. The first-order valence-electron chi connectivity index (χ1n) is 8.15. The van der Waals surface area contributed by atoms with Crippen molar-refractivity contribution >= 4 is 22.2 Å². The van der Waals surface area contributed by atoms with Crippen LogP contribution in [0.15, 0.2) is 61.1 Å². The van der Waals surface area contributed by atoms with Crippen LogP contribution in [0.25, 0.3) is 10.6 Å². The van der Waals surface area contributed by atoms with Gasteiger partial charge in [-0.15, -0.1) is 0 Å². The van der Waals surface area contributed by atoms with Crippen molar-refractivity contribution in [2.24, 2.45) is 5.92 Å². The molecule has 6 heteroatoms. The standard InChI is InChI=1S/C19H17N3O2S/c23-18(15-8-10-24-17(15)14-7-4-9-20-11-14)22-16-12-21-19(25-16)13-5-2-1-3-6-13/h1-7,9,11-12,15,17H,8,10H2,(H,22,23)/t15-,17+/m0/s1. The van der Waals surface area contributed by atoms with Gasteiger partial charge in [0.15, 0.2) is 0 Å². The summed E-state index contributed by atoms with van der Waals surface area (Å²) in [6, 6.07) is 13.7. The fourth-order valence-corrected chi connectivity index (χ4v) is 3.82. The van der Waals surface area contributed by atoms with Crippen LogP contribution < -0.4 is 5.32 Å². The lowest BCUT2D eigenvalue weighted by Gasteiger charge is -2.17. The molecular weight excluding hydrogens is 334 g/mol. The van der Waals surface area contributed by atoms with E-state index < -0.39 is 0 Å². The lowest BCUT2D eigenvalue weighted by Crippen LogP contribution is -2.25. The summed E-state index contributed by atoms with van der Waals surface area (Å²) in [6.45, 7) is 0.579. The minimum Gasteiger partial charge on any atom is -0.373 e. The van der Waals surface area contributed by atoms with Crippen LogP contribution in [-0.2, 0) is 9.53 Å². The zero-order valence-electron chi connectivity index (χ0n) is 13.5. The number of hydrogen-bond acceptors (Lipinski definition) is 5. The number of ether oxygens (including phenoxy) is 1. The Hall–Kier alpha value is -2.57. The van der Waals surface area contributed by atoms with Crippen LogP contribution >= 0.6 is 11.3 Å². The third kappa shape index (κ3) is 3.45. The van der Waals surface area contributed by atoms with Crippen LogP contribution in [0.3, 0.4) is 0 Å². The number of pyridine rings is 1. The van der Waals surface area contributed by atoms with Gasteiger partial charge in [-0.25, -0.2) is 4.98 Å². The molecule has 0 saturated carbocycles. The van der Waals surface area contributed by atoms with E-state index in [0.29, 0.717) is 13.0 Å². The molecule has 0 aliphatic carbocycles. The number of amides is 1. The number of carbonyl (C=O) groups excluding carboxylic acids is 1. The SMILES string of the molecule is O=C(Nc1cnc(-c2ccccc2)s1)[C@H]1CCO[C@@H]1c1cccnc1. The Balaban J connectivity index is 1.48. The molecule has 2 aromatic heterocycles. The molecule has 3 aromatic rings. The van der Waals surface area contributed by atoms with Gasteiger partial charge in [-0.05, 0) is 18.1 Å². The van der Waals surface area contributed by atoms with Gasteiger partial charge < -0.3 is 10.1 Å². The summed E-state index contributed by atoms with van der Waals surface area (Å²) >= 11 is 1.47. The van der Waals surface area contributed by atoms with Crippen molar-refractivity contribution < 1.29 is 9.53 Å². The van der Waals surface area contributed by atoms with E-state index in [1.807, 2.05) is 42.5 Å². The van der Waals surface area contributed by atoms with Gasteiger partial charge in [0.1, 0.15) is 10.0 Å². The molecule has 1 amide bonds. The number of carbonyl (C=O) groups is 1. The fourth-order valence-electron chi connectivity index (χ4n) is 2.99. The van der Waals surface area contributed by atoms with E-state index in [1.165, 1.54) is 11.3 Å². The molecule has 1 saturated heterocycles. The van der Waals surface area contributed by atoms with E-state index in [0.717, 1.165) is 21.1 Å². The summed E-state index contributed by atoms with van der Waals surface area (Å²) < 4.78 is 5.77. The first-order valence-corrected chi connectivity index (χ1v) is 8.96. The highest BCUT2D eigenvalue weighted by Gasteiger charge is 2.35. The minimum atomic E-state index is -0.241. The molecular formula is C19H17N3O2S. The zero-order valence-corrected chi connectivity index (χ0v) is 14.3. The molecule has 0 bridgehead atoms. The van der Waals surface area contributed by atoms with E-state index in [9.17, 15) is 4.79 Å². The summed E-state index contributed by atoms with van der Waals surface area (Å²) in [5.74, 6) is -0.249. The van der Waals surface area contributed by atoms with Crippen LogP contribution in [0.4, 0.5) is 5.00 Å². The van der Waals surface area contributed by atoms with Crippen LogP contribution in [0.2, 0.25) is 0 Å². The predicted octanol–water partition coefficient (Wildman–Crippen LogP) is 3.92. The molecule has 0 spiro atoms. The number of hydrogen-bond donors (Lipinski definition) is 1. The number of rotatable bonds is 4. The van der Waals surface area contributed by atoms with E-state index >= 15 is 0 Å². The Morgan fingerprint density at radius 2 is 2.04 bits per heavy atom. The Morgan fingerprint density at radius 1 is 1.16 bits per heavy atom. The molecule has 5 nitrogen and oxygen atoms in total. The summed E-state index contributed by atoms with van der Waals surface area (Å²) in [7, 11) is 0. The second kappa shape index (κ2) is 7.13. The molecule has 126 valence electrons. The van der Waals surface area contributed by atoms with E-state index in [-0.39, 0.29) is 17.9 Å². The Labute approximate surface area is 149 Å². The van der Waals surface area contributed by atoms with Crippen molar-refractivity contribution in [1.29, 1.82) is 0 Å². The largest absolute Gasteiger partial charge is 0.373 e. The highest BCUT2D eigenvalue weighted by Crippen LogP contribution is 2.36. The summed E-state index contributed by atoms with van der Waals surface area (Å²) in [6.07, 6.45) is 5.65. The number of benzene rings is 1. The minimum absolute atomic E-state index is 0.0328. The van der Waals surface area contributed by atoms with Gasteiger partial charge in [0, 0.05) is 24.6 Å². The average Bonchev–Trinajstić information content (AvgIpc) is 3.33. The normalized spacial score (nSPS) is 19.7. The second-order valence-electron chi connectivity index (χ2n) is 5.86. The van der Waals surface area contributed by atoms with E-state index in [2.05, 4.69) is 15.3 Å². The molecule has 1 fully saturated rings. The van der Waals surface area contributed by atoms with Gasteiger partial charge in [-0.1, -0.05) is 47.7 Å². The molecule has 4 rings (SSSR count). The number of nitrogens with one attached hydrogen (secondary N) is 1. The summed E-state index contributed by atoms with van der Waals surface area (Å²) in [5.41, 5.74) is 1.99. The molecule has 1 N–H and O–H groups in total. The van der Waals surface area contributed by atoms with Crippen molar-refractivity contribution in [1.82, 2.24) is 9.97 Å². The van der Waals surface area contributed by atoms with Crippen LogP contribution in [0, 0.1) is 5.92 Å². The van der Waals surface area contributed by atoms with E-state index in [1.54, 1.807) is 18.6 Å². The maximum absolute atomic E-state index is 12.7. The first kappa shape index (κ1) is 15.9. The topological polar surface area (TPSA) is 64.1 Å². The number of thiazole rings is 1.